The van der Waals surface area contributed by atoms with E-state index in [0.29, 0.717) is 19.8 Å². The lowest BCUT2D eigenvalue weighted by molar-refractivity contribution is 0.0920. The lowest BCUT2D eigenvalue weighted by Gasteiger charge is -2.24. The molecule has 0 amide bonds. The van der Waals surface area contributed by atoms with E-state index in [-0.39, 0.29) is 6.04 Å². The number of imidazole rings is 1. The summed E-state index contributed by atoms with van der Waals surface area (Å²) in [6.45, 7) is 1.73. The van der Waals surface area contributed by atoms with Crippen LogP contribution in [0.15, 0.2) is 30.6 Å². The third kappa shape index (κ3) is 2.12. The largest absolute Gasteiger partial charge is 0.389 e. The van der Waals surface area contributed by atoms with Crippen LogP contribution in [0.2, 0.25) is 0 Å². The fourth-order valence-electron chi connectivity index (χ4n) is 2.39. The van der Waals surface area contributed by atoms with Gasteiger partial charge in [-0.2, -0.15) is 0 Å². The highest BCUT2D eigenvalue weighted by atomic mass is 16.5. The third-order valence-corrected chi connectivity index (χ3v) is 3.41. The van der Waals surface area contributed by atoms with Crippen LogP contribution in [-0.2, 0) is 11.3 Å². The van der Waals surface area contributed by atoms with E-state index in [4.69, 9.17) is 4.74 Å². The van der Waals surface area contributed by atoms with Crippen LogP contribution in [0.1, 0.15) is 5.69 Å². The molecule has 0 spiro atoms. The number of aliphatic hydroxyl groups is 1. The predicted octanol–water partition coefficient (Wildman–Crippen LogP) is 0.526. The molecule has 1 aliphatic heterocycles. The highest BCUT2D eigenvalue weighted by Crippen LogP contribution is 2.15. The van der Waals surface area contributed by atoms with Crippen molar-refractivity contribution in [2.75, 3.05) is 20.3 Å². The van der Waals surface area contributed by atoms with Gasteiger partial charge < -0.3 is 14.2 Å². The molecule has 18 heavy (non-hydrogen) atoms. The van der Waals surface area contributed by atoms with Crippen molar-refractivity contribution < 1.29 is 9.84 Å². The quantitative estimate of drug-likeness (QED) is 0.859. The number of likely N-dealkylation sites (N-methyl/N-ethyl adjacent to an activating group) is 1. The molecule has 3 heterocycles. The molecule has 1 saturated heterocycles. The normalized spacial score (nSPS) is 24.2. The molecular formula is C13H17N3O2. The number of hydrogen-bond acceptors (Lipinski definition) is 4. The molecular weight excluding hydrogens is 230 g/mol. The van der Waals surface area contributed by atoms with Crippen LogP contribution in [0, 0.1) is 0 Å². The molecule has 0 aliphatic carbocycles. The first kappa shape index (κ1) is 11.6. The number of ether oxygens (including phenoxy) is 1. The van der Waals surface area contributed by atoms with Crippen molar-refractivity contribution in [1.29, 1.82) is 0 Å². The van der Waals surface area contributed by atoms with Crippen LogP contribution in [0.4, 0.5) is 0 Å². The second-order valence-electron chi connectivity index (χ2n) is 4.79. The molecule has 5 nitrogen and oxygen atoms in total. The minimum Gasteiger partial charge on any atom is -0.389 e. The first-order valence-electron chi connectivity index (χ1n) is 6.13. The van der Waals surface area contributed by atoms with E-state index >= 15 is 0 Å². The summed E-state index contributed by atoms with van der Waals surface area (Å²) < 4.78 is 7.27. The lowest BCUT2D eigenvalue weighted by Crippen LogP contribution is -2.39. The van der Waals surface area contributed by atoms with E-state index in [0.717, 1.165) is 11.3 Å². The molecule has 1 fully saturated rings. The molecule has 5 heteroatoms. The molecule has 2 atom stereocenters. The van der Waals surface area contributed by atoms with Gasteiger partial charge in [-0.15, -0.1) is 0 Å². The number of fused-ring (bicyclic) bond motifs is 1. The maximum absolute atomic E-state index is 9.78. The van der Waals surface area contributed by atoms with E-state index in [1.54, 1.807) is 0 Å². The van der Waals surface area contributed by atoms with Gasteiger partial charge in [0, 0.05) is 18.9 Å². The van der Waals surface area contributed by atoms with Crippen molar-refractivity contribution in [2.24, 2.45) is 0 Å². The van der Waals surface area contributed by atoms with Gasteiger partial charge in [-0.1, -0.05) is 6.07 Å². The van der Waals surface area contributed by atoms with Crippen molar-refractivity contribution >= 4 is 5.65 Å². The number of hydrogen-bond donors (Lipinski definition) is 1. The van der Waals surface area contributed by atoms with Crippen LogP contribution in [0.25, 0.3) is 5.65 Å². The Bertz CT molecular complexity index is 507. The number of nitrogens with zero attached hydrogens (tertiary/aromatic N) is 3. The van der Waals surface area contributed by atoms with Crippen molar-refractivity contribution in [3.63, 3.8) is 0 Å². The summed E-state index contributed by atoms with van der Waals surface area (Å²) in [5, 5.41) is 9.78. The molecule has 0 saturated carbocycles. The predicted molar refractivity (Wildman–Crippen MR) is 67.3 cm³/mol. The SMILES string of the molecule is CN(Cc1cn2ccccc2n1)[C@H]1COC[C@@H]1O. The van der Waals surface area contributed by atoms with Crippen LogP contribution < -0.4 is 0 Å². The van der Waals surface area contributed by atoms with E-state index in [1.807, 2.05) is 42.0 Å². The number of pyridine rings is 1. The van der Waals surface area contributed by atoms with Gasteiger partial charge in [-0.3, -0.25) is 4.90 Å². The van der Waals surface area contributed by atoms with Crippen LogP contribution >= 0.6 is 0 Å². The van der Waals surface area contributed by atoms with Gasteiger partial charge in [0.15, 0.2) is 0 Å². The average molecular weight is 247 g/mol. The van der Waals surface area contributed by atoms with E-state index in [9.17, 15) is 5.11 Å². The van der Waals surface area contributed by atoms with Gasteiger partial charge in [0.25, 0.3) is 0 Å². The Hall–Kier alpha value is -1.43. The topological polar surface area (TPSA) is 50.0 Å². The smallest absolute Gasteiger partial charge is 0.137 e. The second kappa shape index (κ2) is 4.68. The molecule has 96 valence electrons. The molecule has 0 radical (unpaired) electrons. The van der Waals surface area contributed by atoms with Gasteiger partial charge in [0.05, 0.1) is 31.1 Å². The van der Waals surface area contributed by atoms with Crippen LogP contribution in [-0.4, -0.2) is 51.8 Å². The van der Waals surface area contributed by atoms with Crippen molar-refractivity contribution in [3.8, 4) is 0 Å². The van der Waals surface area contributed by atoms with E-state index in [2.05, 4.69) is 9.88 Å². The Balaban J connectivity index is 1.75. The molecule has 1 aliphatic rings. The second-order valence-corrected chi connectivity index (χ2v) is 4.79. The van der Waals surface area contributed by atoms with Gasteiger partial charge in [-0.25, -0.2) is 4.98 Å². The Labute approximate surface area is 106 Å². The summed E-state index contributed by atoms with van der Waals surface area (Å²) in [6.07, 6.45) is 3.61. The zero-order chi connectivity index (χ0) is 12.5. The highest BCUT2D eigenvalue weighted by Gasteiger charge is 2.29. The Morgan fingerprint density at radius 1 is 1.50 bits per heavy atom. The summed E-state index contributed by atoms with van der Waals surface area (Å²) in [5.74, 6) is 0. The number of rotatable bonds is 3. The molecule has 2 aromatic heterocycles. The standard InChI is InChI=1S/C13H17N3O2/c1-15(11-8-18-9-12(11)17)6-10-7-16-5-3-2-4-13(16)14-10/h2-5,7,11-12,17H,6,8-9H2,1H3/t11-,12-/m0/s1. The zero-order valence-corrected chi connectivity index (χ0v) is 10.4. The molecule has 2 aromatic rings. The van der Waals surface area contributed by atoms with E-state index < -0.39 is 6.10 Å². The monoisotopic (exact) mass is 247 g/mol. The number of aliphatic hydroxyl groups excluding tert-OH is 1. The van der Waals surface area contributed by atoms with Crippen LogP contribution in [0.3, 0.4) is 0 Å². The summed E-state index contributed by atoms with van der Waals surface area (Å²) in [7, 11) is 1.99. The van der Waals surface area contributed by atoms with Gasteiger partial charge >= 0.3 is 0 Å². The van der Waals surface area contributed by atoms with Crippen molar-refractivity contribution in [2.45, 2.75) is 18.7 Å². The Kier molecular flexibility index (Phi) is 3.03. The molecule has 0 aromatic carbocycles. The minimum absolute atomic E-state index is 0.0646. The molecule has 3 rings (SSSR count). The fourth-order valence-corrected chi connectivity index (χ4v) is 2.39. The molecule has 0 unspecified atom stereocenters. The molecule has 1 N–H and O–H groups in total. The summed E-state index contributed by atoms with van der Waals surface area (Å²) in [4.78, 5) is 6.64. The van der Waals surface area contributed by atoms with Crippen molar-refractivity contribution in [3.05, 3.63) is 36.3 Å². The van der Waals surface area contributed by atoms with Gasteiger partial charge in [0.2, 0.25) is 0 Å². The maximum atomic E-state index is 9.78. The lowest BCUT2D eigenvalue weighted by atomic mass is 10.2. The summed E-state index contributed by atoms with van der Waals surface area (Å²) in [6, 6.07) is 6.01. The van der Waals surface area contributed by atoms with Gasteiger partial charge in [-0.05, 0) is 19.2 Å². The first-order chi connectivity index (χ1) is 8.74. The van der Waals surface area contributed by atoms with Gasteiger partial charge in [0.1, 0.15) is 5.65 Å². The average Bonchev–Trinajstić information content (AvgIpc) is 2.94. The Morgan fingerprint density at radius 3 is 3.11 bits per heavy atom. The molecule has 0 bridgehead atoms. The third-order valence-electron chi connectivity index (χ3n) is 3.41. The van der Waals surface area contributed by atoms with Crippen molar-refractivity contribution in [1.82, 2.24) is 14.3 Å². The first-order valence-corrected chi connectivity index (χ1v) is 6.13. The maximum Gasteiger partial charge on any atom is 0.137 e. The minimum atomic E-state index is -0.396. The summed E-state index contributed by atoms with van der Waals surface area (Å²) in [5.41, 5.74) is 1.95. The Morgan fingerprint density at radius 2 is 2.39 bits per heavy atom. The highest BCUT2D eigenvalue weighted by molar-refractivity contribution is 5.39. The zero-order valence-electron chi connectivity index (χ0n) is 10.4. The summed E-state index contributed by atoms with van der Waals surface area (Å²) >= 11 is 0. The van der Waals surface area contributed by atoms with Crippen LogP contribution in [0.5, 0.6) is 0 Å². The number of aromatic nitrogens is 2. The van der Waals surface area contributed by atoms with E-state index in [1.165, 1.54) is 0 Å². The fraction of sp³-hybridized carbons (Fsp3) is 0.462.